The van der Waals surface area contributed by atoms with E-state index >= 15 is 0 Å². The van der Waals surface area contributed by atoms with Crippen LogP contribution in [0.3, 0.4) is 0 Å². The molecule has 0 radical (unpaired) electrons. The lowest BCUT2D eigenvalue weighted by atomic mass is 10.2. The van der Waals surface area contributed by atoms with Crippen LogP contribution in [0.1, 0.15) is 12.8 Å². The lowest BCUT2D eigenvalue weighted by molar-refractivity contribution is -0.136. The summed E-state index contributed by atoms with van der Waals surface area (Å²) in [6, 6.07) is 0. The van der Waals surface area contributed by atoms with E-state index in [4.69, 9.17) is 9.84 Å². The topological polar surface area (TPSA) is 32.8 Å². The second kappa shape index (κ2) is 2.98. The molecule has 1 rings (SSSR count). The number of aliphatic hydroxyl groups excluding tert-OH is 1. The quantitative estimate of drug-likeness (QED) is 0.643. The van der Waals surface area contributed by atoms with E-state index < -0.39 is 12.6 Å². The third-order valence-electron chi connectivity index (χ3n) is 1.58. The Morgan fingerprint density at radius 1 is 1.27 bits per heavy atom. The zero-order chi connectivity index (χ0) is 8.48. The molecule has 0 amide bonds. The Morgan fingerprint density at radius 3 is 2.27 bits per heavy atom. The molecule has 0 saturated carbocycles. The standard InChI is InChI=1S/C6H9F3O2/c7-6(8,9)2-1-4-5(3-10)11-4/h4-5,10H,1-3H2/t4-,5-/m0/s1. The third kappa shape index (κ3) is 3.07. The fourth-order valence-electron chi connectivity index (χ4n) is 0.900. The molecular formula is C6H9F3O2. The molecule has 0 aliphatic carbocycles. The molecule has 0 unspecified atom stereocenters. The van der Waals surface area contributed by atoms with Gasteiger partial charge in [-0.1, -0.05) is 0 Å². The molecule has 0 spiro atoms. The van der Waals surface area contributed by atoms with Crippen LogP contribution < -0.4 is 0 Å². The zero-order valence-corrected chi connectivity index (χ0v) is 5.77. The van der Waals surface area contributed by atoms with Gasteiger partial charge in [0.05, 0.1) is 12.7 Å². The molecule has 66 valence electrons. The molecule has 11 heavy (non-hydrogen) atoms. The summed E-state index contributed by atoms with van der Waals surface area (Å²) in [5, 5.41) is 8.40. The van der Waals surface area contributed by atoms with Crippen molar-refractivity contribution in [3.05, 3.63) is 0 Å². The van der Waals surface area contributed by atoms with E-state index in [0.717, 1.165) is 0 Å². The number of hydrogen-bond donors (Lipinski definition) is 1. The largest absolute Gasteiger partial charge is 0.394 e. The summed E-state index contributed by atoms with van der Waals surface area (Å²) in [4.78, 5) is 0. The summed E-state index contributed by atoms with van der Waals surface area (Å²) in [6.45, 7) is -0.178. The molecular weight excluding hydrogens is 161 g/mol. The van der Waals surface area contributed by atoms with Gasteiger partial charge >= 0.3 is 6.18 Å². The van der Waals surface area contributed by atoms with E-state index in [1.807, 2.05) is 0 Å². The van der Waals surface area contributed by atoms with Crippen molar-refractivity contribution < 1.29 is 23.0 Å². The molecule has 1 aliphatic heterocycles. The number of rotatable bonds is 3. The normalized spacial score (nSPS) is 30.5. The highest BCUT2D eigenvalue weighted by atomic mass is 19.4. The summed E-state index contributed by atoms with van der Waals surface area (Å²) < 4.78 is 39.4. The minimum absolute atomic E-state index is 0.0330. The number of aliphatic hydroxyl groups is 1. The maximum atomic E-state index is 11.6. The number of halogens is 3. The number of epoxide rings is 1. The molecule has 2 nitrogen and oxygen atoms in total. The van der Waals surface area contributed by atoms with Crippen LogP contribution in [-0.2, 0) is 4.74 Å². The molecule has 1 fully saturated rings. The molecule has 0 aromatic carbocycles. The monoisotopic (exact) mass is 170 g/mol. The van der Waals surface area contributed by atoms with E-state index in [9.17, 15) is 13.2 Å². The fourth-order valence-corrected chi connectivity index (χ4v) is 0.900. The van der Waals surface area contributed by atoms with E-state index in [2.05, 4.69) is 0 Å². The van der Waals surface area contributed by atoms with Crippen molar-refractivity contribution >= 4 is 0 Å². The molecule has 1 saturated heterocycles. The predicted molar refractivity (Wildman–Crippen MR) is 31.0 cm³/mol. The molecule has 0 aromatic heterocycles. The average Bonchev–Trinajstić information content (AvgIpc) is 2.60. The first-order valence-electron chi connectivity index (χ1n) is 3.36. The van der Waals surface area contributed by atoms with Gasteiger partial charge in [0.1, 0.15) is 6.10 Å². The van der Waals surface area contributed by atoms with Crippen molar-refractivity contribution in [2.24, 2.45) is 0 Å². The van der Waals surface area contributed by atoms with E-state index in [-0.39, 0.29) is 25.2 Å². The SMILES string of the molecule is OC[C@@H]1O[C@H]1CCC(F)(F)F. The first-order valence-corrected chi connectivity index (χ1v) is 3.36. The highest BCUT2D eigenvalue weighted by molar-refractivity contribution is 4.84. The molecule has 2 atom stereocenters. The summed E-state index contributed by atoms with van der Waals surface area (Å²) in [5.41, 5.74) is 0. The van der Waals surface area contributed by atoms with Crippen LogP contribution in [0, 0.1) is 0 Å². The molecule has 1 aliphatic rings. The molecule has 5 heteroatoms. The van der Waals surface area contributed by atoms with Crippen molar-refractivity contribution in [3.63, 3.8) is 0 Å². The zero-order valence-electron chi connectivity index (χ0n) is 5.77. The van der Waals surface area contributed by atoms with E-state index in [1.165, 1.54) is 0 Å². The van der Waals surface area contributed by atoms with Crippen LogP contribution in [0.4, 0.5) is 13.2 Å². The minimum Gasteiger partial charge on any atom is -0.394 e. The van der Waals surface area contributed by atoms with Gasteiger partial charge in [-0.05, 0) is 6.42 Å². The number of alkyl halides is 3. The Labute approximate surface area is 62.0 Å². The van der Waals surface area contributed by atoms with Crippen molar-refractivity contribution in [2.75, 3.05) is 6.61 Å². The van der Waals surface area contributed by atoms with Crippen LogP contribution in [0.5, 0.6) is 0 Å². The Hall–Kier alpha value is -0.290. The van der Waals surface area contributed by atoms with Gasteiger partial charge < -0.3 is 9.84 Å². The van der Waals surface area contributed by atoms with Gasteiger partial charge in [0.15, 0.2) is 0 Å². The summed E-state index contributed by atoms with van der Waals surface area (Å²) in [6.07, 6.45) is -5.69. The smallest absolute Gasteiger partial charge is 0.389 e. The number of hydrogen-bond acceptors (Lipinski definition) is 2. The predicted octanol–water partition coefficient (Wildman–Crippen LogP) is 1.09. The van der Waals surface area contributed by atoms with Crippen LogP contribution in [-0.4, -0.2) is 30.1 Å². The summed E-state index contributed by atoms with van der Waals surface area (Å²) >= 11 is 0. The first kappa shape index (κ1) is 8.80. The van der Waals surface area contributed by atoms with Crippen LogP contribution in [0.2, 0.25) is 0 Å². The van der Waals surface area contributed by atoms with Gasteiger partial charge in [0, 0.05) is 6.42 Å². The van der Waals surface area contributed by atoms with Gasteiger partial charge in [-0.25, -0.2) is 0 Å². The van der Waals surface area contributed by atoms with Gasteiger partial charge in [-0.15, -0.1) is 0 Å². The second-order valence-corrected chi connectivity index (χ2v) is 2.55. The molecule has 0 aromatic rings. The molecule has 0 bridgehead atoms. The Morgan fingerprint density at radius 2 is 1.91 bits per heavy atom. The van der Waals surface area contributed by atoms with Crippen LogP contribution >= 0.6 is 0 Å². The lowest BCUT2D eigenvalue weighted by Gasteiger charge is -2.02. The van der Waals surface area contributed by atoms with E-state index in [0.29, 0.717) is 0 Å². The van der Waals surface area contributed by atoms with Crippen molar-refractivity contribution in [1.82, 2.24) is 0 Å². The summed E-state index contributed by atoms with van der Waals surface area (Å²) in [5.74, 6) is 0. The Balaban J connectivity index is 2.06. The van der Waals surface area contributed by atoms with Gasteiger partial charge in [0.25, 0.3) is 0 Å². The average molecular weight is 170 g/mol. The second-order valence-electron chi connectivity index (χ2n) is 2.55. The highest BCUT2D eigenvalue weighted by Gasteiger charge is 2.40. The van der Waals surface area contributed by atoms with Crippen LogP contribution in [0.25, 0.3) is 0 Å². The van der Waals surface area contributed by atoms with Crippen LogP contribution in [0.15, 0.2) is 0 Å². The Kier molecular flexibility index (Phi) is 2.39. The molecule has 1 heterocycles. The lowest BCUT2D eigenvalue weighted by Crippen LogP contribution is -2.09. The van der Waals surface area contributed by atoms with Gasteiger partial charge in [0.2, 0.25) is 0 Å². The van der Waals surface area contributed by atoms with E-state index in [1.54, 1.807) is 0 Å². The third-order valence-corrected chi connectivity index (χ3v) is 1.58. The Bertz CT molecular complexity index is 134. The minimum atomic E-state index is -4.11. The van der Waals surface area contributed by atoms with Crippen molar-refractivity contribution in [2.45, 2.75) is 31.2 Å². The summed E-state index contributed by atoms with van der Waals surface area (Å²) in [7, 11) is 0. The van der Waals surface area contributed by atoms with Gasteiger partial charge in [-0.2, -0.15) is 13.2 Å². The fraction of sp³-hybridized carbons (Fsp3) is 1.00. The number of ether oxygens (including phenoxy) is 1. The first-order chi connectivity index (χ1) is 5.03. The van der Waals surface area contributed by atoms with Crippen molar-refractivity contribution in [3.8, 4) is 0 Å². The molecule has 1 N–H and O–H groups in total. The van der Waals surface area contributed by atoms with Gasteiger partial charge in [-0.3, -0.25) is 0 Å². The van der Waals surface area contributed by atoms with Crippen molar-refractivity contribution in [1.29, 1.82) is 0 Å². The maximum Gasteiger partial charge on any atom is 0.389 e. The highest BCUT2D eigenvalue weighted by Crippen LogP contribution is 2.31. The maximum absolute atomic E-state index is 11.6.